The number of benzene rings is 1. The van der Waals surface area contributed by atoms with E-state index in [2.05, 4.69) is 21.3 Å². The number of rotatable bonds is 5. The van der Waals surface area contributed by atoms with E-state index in [0.29, 0.717) is 54.0 Å². The number of nitrogens with two attached hydrogens (primary N) is 1. The van der Waals surface area contributed by atoms with Crippen LogP contribution in [0.4, 0.5) is 18.9 Å². The third kappa shape index (κ3) is 3.55. The maximum absolute atomic E-state index is 14.5. The van der Waals surface area contributed by atoms with Crippen LogP contribution in [0.15, 0.2) is 34.9 Å². The molecule has 0 radical (unpaired) electrons. The fourth-order valence-electron chi connectivity index (χ4n) is 6.25. The van der Waals surface area contributed by atoms with E-state index >= 15 is 0 Å². The Labute approximate surface area is 210 Å². The number of carbonyl (C=O) groups excluding carboxylic acids is 1. The summed E-state index contributed by atoms with van der Waals surface area (Å²) >= 11 is 0. The molecule has 9 nitrogen and oxygen atoms in total. The molecule has 1 aromatic carbocycles. The van der Waals surface area contributed by atoms with Crippen molar-refractivity contribution in [1.29, 1.82) is 5.26 Å². The van der Waals surface area contributed by atoms with Gasteiger partial charge in [-0.2, -0.15) is 18.4 Å². The van der Waals surface area contributed by atoms with Crippen molar-refractivity contribution in [2.24, 2.45) is 11.1 Å². The largest absolute Gasteiger partial charge is 0.424 e. The zero-order valence-electron chi connectivity index (χ0n) is 19.8. The highest BCUT2D eigenvalue weighted by atomic mass is 19.4. The van der Waals surface area contributed by atoms with Crippen molar-refractivity contribution in [2.45, 2.75) is 36.8 Å². The number of piperidine rings is 2. The molecule has 6 rings (SSSR count). The summed E-state index contributed by atoms with van der Waals surface area (Å²) in [6.07, 6.45) is -1.70. The minimum atomic E-state index is -4.46. The van der Waals surface area contributed by atoms with E-state index in [4.69, 9.17) is 10.2 Å². The van der Waals surface area contributed by atoms with Gasteiger partial charge >= 0.3 is 6.18 Å². The van der Waals surface area contributed by atoms with Crippen molar-refractivity contribution >= 4 is 22.5 Å². The van der Waals surface area contributed by atoms with Gasteiger partial charge in [0.25, 0.3) is 0 Å². The summed E-state index contributed by atoms with van der Waals surface area (Å²) in [6, 6.07) is 8.85. The molecule has 3 fully saturated rings. The van der Waals surface area contributed by atoms with Crippen LogP contribution in [0.5, 0.6) is 0 Å². The molecule has 2 aromatic heterocycles. The van der Waals surface area contributed by atoms with Crippen molar-refractivity contribution in [3.63, 3.8) is 0 Å². The quantitative estimate of drug-likeness (QED) is 0.555. The SMILES string of the molecule is N#Cc1ccc(N2C[C@]3(c4nnc(C5CCN(CC(N)=O)CC5)o4)C[C@]3(C(F)(F)F)C2)c2cccnc12. The van der Waals surface area contributed by atoms with Crippen LogP contribution in [0.25, 0.3) is 10.9 Å². The molecule has 2 atom stereocenters. The molecule has 3 aliphatic rings. The van der Waals surface area contributed by atoms with Crippen molar-refractivity contribution in [2.75, 3.05) is 37.6 Å². The Kier molecular flexibility index (Phi) is 5.21. The molecule has 4 heterocycles. The van der Waals surface area contributed by atoms with Crippen LogP contribution < -0.4 is 10.6 Å². The normalized spacial score (nSPS) is 26.3. The first-order valence-corrected chi connectivity index (χ1v) is 12.1. The van der Waals surface area contributed by atoms with Crippen LogP contribution in [0.2, 0.25) is 0 Å². The molecule has 1 aliphatic carbocycles. The second kappa shape index (κ2) is 8.14. The Balaban J connectivity index is 1.30. The second-order valence-corrected chi connectivity index (χ2v) is 10.3. The first kappa shape index (κ1) is 23.7. The summed E-state index contributed by atoms with van der Waals surface area (Å²) in [5.74, 6) is -0.103. The maximum Gasteiger partial charge on any atom is 0.397 e. The number of anilines is 1. The van der Waals surface area contributed by atoms with Gasteiger partial charge in [-0.3, -0.25) is 14.7 Å². The number of pyridine rings is 1. The number of halogens is 3. The molecule has 192 valence electrons. The lowest BCUT2D eigenvalue weighted by Gasteiger charge is -2.29. The number of hydrogen-bond acceptors (Lipinski definition) is 8. The molecule has 12 heteroatoms. The molecule has 1 amide bonds. The Bertz CT molecular complexity index is 1430. The fourth-order valence-corrected chi connectivity index (χ4v) is 6.25. The van der Waals surface area contributed by atoms with Crippen LogP contribution >= 0.6 is 0 Å². The van der Waals surface area contributed by atoms with E-state index in [1.54, 1.807) is 35.4 Å². The minimum absolute atomic E-state index is 0.0259. The number of aromatic nitrogens is 3. The average molecular weight is 512 g/mol. The monoisotopic (exact) mass is 511 g/mol. The van der Waals surface area contributed by atoms with Gasteiger partial charge in [0.2, 0.25) is 17.7 Å². The number of likely N-dealkylation sites (tertiary alicyclic amines) is 1. The topological polar surface area (TPSA) is 125 Å². The number of carbonyl (C=O) groups is 1. The summed E-state index contributed by atoms with van der Waals surface area (Å²) in [7, 11) is 0. The molecule has 37 heavy (non-hydrogen) atoms. The lowest BCUT2D eigenvalue weighted by Crippen LogP contribution is -2.39. The van der Waals surface area contributed by atoms with Crippen LogP contribution in [0.3, 0.4) is 0 Å². The smallest absolute Gasteiger partial charge is 0.397 e. The van der Waals surface area contributed by atoms with Gasteiger partial charge in [-0.1, -0.05) is 0 Å². The van der Waals surface area contributed by atoms with Gasteiger partial charge in [-0.25, -0.2) is 0 Å². The first-order valence-electron chi connectivity index (χ1n) is 12.1. The van der Waals surface area contributed by atoms with E-state index in [1.807, 2.05) is 4.90 Å². The maximum atomic E-state index is 14.5. The first-order chi connectivity index (χ1) is 17.7. The highest BCUT2D eigenvalue weighted by Gasteiger charge is 2.86. The van der Waals surface area contributed by atoms with Crippen LogP contribution in [-0.2, 0) is 10.2 Å². The van der Waals surface area contributed by atoms with Crippen LogP contribution in [-0.4, -0.2) is 64.9 Å². The molecular formula is C25H24F3N7O2. The summed E-state index contributed by atoms with van der Waals surface area (Å²) in [5, 5.41) is 18.4. The number of amides is 1. The third-order valence-corrected chi connectivity index (χ3v) is 8.23. The summed E-state index contributed by atoms with van der Waals surface area (Å²) < 4.78 is 49.6. The molecule has 0 bridgehead atoms. The molecular weight excluding hydrogens is 487 g/mol. The molecule has 1 saturated carbocycles. The van der Waals surface area contributed by atoms with Crippen molar-refractivity contribution in [3.05, 3.63) is 47.8 Å². The second-order valence-electron chi connectivity index (χ2n) is 10.3. The minimum Gasteiger partial charge on any atom is -0.424 e. The lowest BCUT2D eigenvalue weighted by molar-refractivity contribution is -0.187. The van der Waals surface area contributed by atoms with Gasteiger partial charge in [0.05, 0.1) is 23.0 Å². The van der Waals surface area contributed by atoms with Crippen molar-refractivity contribution in [1.82, 2.24) is 20.1 Å². The predicted molar refractivity (Wildman–Crippen MR) is 125 cm³/mol. The Morgan fingerprint density at radius 1 is 1.22 bits per heavy atom. The van der Waals surface area contributed by atoms with Gasteiger partial charge < -0.3 is 15.1 Å². The summed E-state index contributed by atoms with van der Waals surface area (Å²) in [5.41, 5.74) is 3.38. The standard InChI is InChI=1S/C25H24F3N7O2/c26-25(27,28)24-12-23(24,22-33-32-21(37-22)15-5-8-34(9-6-15)11-19(30)36)13-35(14-24)18-4-3-16(10-29)20-17(18)2-1-7-31-20/h1-4,7,15H,5-6,8-9,11-14H2,(H2,30,36)/t23-,24-/m0/s1. The molecule has 2 saturated heterocycles. The van der Waals surface area contributed by atoms with Crippen molar-refractivity contribution in [3.8, 4) is 6.07 Å². The Morgan fingerprint density at radius 2 is 2.00 bits per heavy atom. The molecule has 2 aliphatic heterocycles. The van der Waals surface area contributed by atoms with Gasteiger partial charge in [-0.15, -0.1) is 10.2 Å². The predicted octanol–water partition coefficient (Wildman–Crippen LogP) is 2.86. The van der Waals surface area contributed by atoms with E-state index < -0.39 is 22.9 Å². The van der Waals surface area contributed by atoms with E-state index in [0.717, 1.165) is 0 Å². The Hall–Kier alpha value is -3.72. The number of hydrogen-bond donors (Lipinski definition) is 1. The van der Waals surface area contributed by atoms with E-state index in [-0.39, 0.29) is 37.9 Å². The Morgan fingerprint density at radius 3 is 2.70 bits per heavy atom. The zero-order chi connectivity index (χ0) is 26.0. The number of primary amides is 1. The lowest BCUT2D eigenvalue weighted by atomic mass is 9.95. The number of nitrogens with zero attached hydrogens (tertiary/aromatic N) is 6. The average Bonchev–Trinajstić information content (AvgIpc) is 3.18. The van der Waals surface area contributed by atoms with Crippen LogP contribution in [0, 0.1) is 16.7 Å². The van der Waals surface area contributed by atoms with Gasteiger partial charge in [0.1, 0.15) is 11.5 Å². The molecule has 2 N–H and O–H groups in total. The highest BCUT2D eigenvalue weighted by Crippen LogP contribution is 2.75. The van der Waals surface area contributed by atoms with E-state index in [9.17, 15) is 23.2 Å². The van der Waals surface area contributed by atoms with E-state index in [1.165, 1.54) is 0 Å². The van der Waals surface area contributed by atoms with Gasteiger partial charge in [0.15, 0.2) is 0 Å². The molecule has 3 aromatic rings. The van der Waals surface area contributed by atoms with Crippen molar-refractivity contribution < 1.29 is 22.4 Å². The zero-order valence-corrected chi connectivity index (χ0v) is 19.8. The molecule has 0 spiro atoms. The highest BCUT2D eigenvalue weighted by molar-refractivity contribution is 5.95. The summed E-state index contributed by atoms with van der Waals surface area (Å²) in [4.78, 5) is 19.1. The number of fused-ring (bicyclic) bond motifs is 2. The molecule has 0 unspecified atom stereocenters. The van der Waals surface area contributed by atoms with Gasteiger partial charge in [0, 0.05) is 36.3 Å². The summed E-state index contributed by atoms with van der Waals surface area (Å²) in [6.45, 7) is 1.25. The fraction of sp³-hybridized carbons (Fsp3) is 0.480. The number of nitriles is 1. The van der Waals surface area contributed by atoms with Gasteiger partial charge in [-0.05, 0) is 56.6 Å². The number of alkyl halides is 3. The van der Waals surface area contributed by atoms with Crippen LogP contribution in [0.1, 0.15) is 42.5 Å². The third-order valence-electron chi connectivity index (χ3n) is 8.23.